The van der Waals surface area contributed by atoms with Gasteiger partial charge in [-0.2, -0.15) is 74.6 Å². The average molecular weight is 597 g/mol. The molecule has 1 aromatic carbocycles. The zero-order valence-electron chi connectivity index (χ0n) is 14.9. The highest BCUT2D eigenvalue weighted by Gasteiger charge is 2.95. The second-order valence-electron chi connectivity index (χ2n) is 6.30. The number of hydrogen-bond donors (Lipinski definition) is 0. The molecule has 0 radical (unpaired) electrons. The van der Waals surface area contributed by atoms with E-state index in [-0.39, 0.29) is 17.4 Å². The number of hydrogen-bond acceptors (Lipinski definition) is 0. The number of halogens is 19. The van der Waals surface area contributed by atoms with E-state index in [1.54, 1.807) is 0 Å². The van der Waals surface area contributed by atoms with Crippen molar-refractivity contribution in [2.24, 2.45) is 0 Å². The lowest BCUT2D eigenvalue weighted by molar-refractivity contribution is -0.462. The molecule has 1 rings (SSSR count). The van der Waals surface area contributed by atoms with Crippen LogP contribution in [0, 0.1) is 0 Å². The van der Waals surface area contributed by atoms with Gasteiger partial charge in [0.05, 0.1) is 0 Å². The standard InChI is InChI=1S/C14H4Cl2F17P/c15-34(16)6-3-1-5(2-4-6)7(17,18)8(19,20)9(21,22)10(23,24)11(25,26)12(27,28)13(29,30)14(31,32)33/h1-4H. The third-order valence-electron chi connectivity index (χ3n) is 4.15. The summed E-state index contributed by atoms with van der Waals surface area (Å²) in [6, 6.07) is 0.381. The van der Waals surface area contributed by atoms with Crippen LogP contribution in [0.4, 0.5) is 74.6 Å². The van der Waals surface area contributed by atoms with Crippen LogP contribution in [-0.4, -0.2) is 41.7 Å². The predicted molar refractivity (Wildman–Crippen MR) is 84.3 cm³/mol. The maximum atomic E-state index is 14.0. The molecule has 0 aliphatic heterocycles. The predicted octanol–water partition coefficient (Wildman–Crippen LogP) is 8.57. The second-order valence-corrected chi connectivity index (χ2v) is 9.83. The molecule has 0 unspecified atom stereocenters. The van der Waals surface area contributed by atoms with Gasteiger partial charge in [0, 0.05) is 10.9 Å². The van der Waals surface area contributed by atoms with Crippen molar-refractivity contribution < 1.29 is 74.6 Å². The van der Waals surface area contributed by atoms with E-state index in [1.807, 2.05) is 0 Å². The van der Waals surface area contributed by atoms with E-state index in [9.17, 15) is 74.6 Å². The molecule has 0 saturated heterocycles. The first kappa shape index (κ1) is 31.1. The van der Waals surface area contributed by atoms with Gasteiger partial charge in [-0.25, -0.2) is 0 Å². The van der Waals surface area contributed by atoms with Gasteiger partial charge >= 0.3 is 47.6 Å². The van der Waals surface area contributed by atoms with Crippen LogP contribution in [-0.2, 0) is 5.92 Å². The van der Waals surface area contributed by atoms with Crippen molar-refractivity contribution in [3.8, 4) is 0 Å². The van der Waals surface area contributed by atoms with E-state index >= 15 is 0 Å². The van der Waals surface area contributed by atoms with Gasteiger partial charge in [-0.05, 0) is 0 Å². The highest BCUT2D eigenvalue weighted by atomic mass is 35.9. The largest absolute Gasteiger partial charge is 0.460 e. The zero-order valence-corrected chi connectivity index (χ0v) is 17.3. The van der Waals surface area contributed by atoms with E-state index < -0.39 is 59.8 Å². The maximum absolute atomic E-state index is 14.0. The van der Waals surface area contributed by atoms with Crippen molar-refractivity contribution >= 4 is 34.4 Å². The third kappa shape index (κ3) is 4.16. The molecule has 0 aromatic heterocycles. The minimum atomic E-state index is -8.65. The number of rotatable bonds is 8. The first-order valence-electron chi connectivity index (χ1n) is 7.60. The molecule has 0 atom stereocenters. The Labute approximate surface area is 187 Å². The highest BCUT2D eigenvalue weighted by Crippen LogP contribution is 2.65. The van der Waals surface area contributed by atoms with Gasteiger partial charge in [0.25, 0.3) is 0 Å². The fourth-order valence-corrected chi connectivity index (χ4v) is 3.18. The van der Waals surface area contributed by atoms with Crippen LogP contribution >= 0.6 is 29.1 Å². The smallest absolute Gasteiger partial charge is 0.194 e. The Morgan fingerprint density at radius 1 is 0.441 bits per heavy atom. The van der Waals surface area contributed by atoms with Gasteiger partial charge in [0.15, 0.2) is 0 Å². The SMILES string of the molecule is FC(F)(F)C(F)(F)C(F)(F)C(F)(F)C(F)(F)C(F)(F)C(F)(F)C(F)(F)c1ccc(P(Cl)Cl)cc1. The molecule has 34 heavy (non-hydrogen) atoms. The summed E-state index contributed by atoms with van der Waals surface area (Å²) in [4.78, 5) is 0. The molecule has 0 saturated carbocycles. The molecule has 20 heteroatoms. The van der Waals surface area contributed by atoms with Gasteiger partial charge < -0.3 is 0 Å². The van der Waals surface area contributed by atoms with Crippen molar-refractivity contribution in [3.63, 3.8) is 0 Å². The Bertz CT molecular complexity index is 875. The lowest BCUT2D eigenvalue weighted by Crippen LogP contribution is -2.74. The van der Waals surface area contributed by atoms with Crippen molar-refractivity contribution in [3.05, 3.63) is 29.8 Å². The van der Waals surface area contributed by atoms with Crippen molar-refractivity contribution in [1.29, 1.82) is 0 Å². The van der Waals surface area contributed by atoms with Gasteiger partial charge in [0.2, 0.25) is 0 Å². The summed E-state index contributed by atoms with van der Waals surface area (Å²) in [5.41, 5.74) is -2.32. The summed E-state index contributed by atoms with van der Waals surface area (Å²) in [6.07, 6.45) is -7.79. The molecule has 0 nitrogen and oxygen atoms in total. The van der Waals surface area contributed by atoms with Gasteiger partial charge in [0.1, 0.15) is 6.63 Å². The van der Waals surface area contributed by atoms with Crippen LogP contribution < -0.4 is 5.30 Å². The van der Waals surface area contributed by atoms with E-state index in [4.69, 9.17) is 22.5 Å². The van der Waals surface area contributed by atoms with E-state index in [2.05, 4.69) is 0 Å². The fourth-order valence-electron chi connectivity index (χ4n) is 2.13. The Hall–Kier alpha value is -0.960. The van der Waals surface area contributed by atoms with Gasteiger partial charge in [-0.15, -0.1) is 0 Å². The normalized spacial score (nSPS) is 15.8. The molecule has 0 heterocycles. The Kier molecular flexibility index (Phi) is 7.83. The van der Waals surface area contributed by atoms with Crippen molar-refractivity contribution in [1.82, 2.24) is 0 Å². The quantitative estimate of drug-likeness (QED) is 0.208. The zero-order chi connectivity index (χ0) is 27.6. The Balaban J connectivity index is 3.68. The monoisotopic (exact) mass is 596 g/mol. The lowest BCUT2D eigenvalue weighted by Gasteiger charge is -2.42. The molecule has 0 fully saturated rings. The van der Waals surface area contributed by atoms with Crippen LogP contribution in [0.15, 0.2) is 24.3 Å². The summed E-state index contributed by atoms with van der Waals surface area (Å²) in [6.45, 7) is -2.16. The van der Waals surface area contributed by atoms with Gasteiger partial charge in [-0.3, -0.25) is 0 Å². The topological polar surface area (TPSA) is 0 Å². The average Bonchev–Trinajstić information content (AvgIpc) is 2.66. The number of alkyl halides is 17. The summed E-state index contributed by atoms with van der Waals surface area (Å²) in [7, 11) is 0. The van der Waals surface area contributed by atoms with E-state index in [0.29, 0.717) is 12.1 Å². The third-order valence-corrected chi connectivity index (χ3v) is 6.01. The number of benzene rings is 1. The Morgan fingerprint density at radius 2 is 0.735 bits per heavy atom. The van der Waals surface area contributed by atoms with E-state index in [0.717, 1.165) is 0 Å². The molecule has 0 amide bonds. The first-order valence-corrected chi connectivity index (χ1v) is 10.7. The van der Waals surface area contributed by atoms with E-state index in [1.165, 1.54) is 0 Å². The summed E-state index contributed by atoms with van der Waals surface area (Å²) in [5, 5.41) is -0.307. The molecular formula is C14H4Cl2F17P. The van der Waals surface area contributed by atoms with Crippen molar-refractivity contribution in [2.75, 3.05) is 0 Å². The molecule has 0 aliphatic rings. The van der Waals surface area contributed by atoms with Crippen LogP contribution in [0.2, 0.25) is 0 Å². The molecule has 198 valence electrons. The Morgan fingerprint density at radius 3 is 1.03 bits per heavy atom. The first-order chi connectivity index (χ1) is 14.7. The summed E-state index contributed by atoms with van der Waals surface area (Å²) >= 11 is 10.7. The molecule has 0 spiro atoms. The molecule has 1 aromatic rings. The van der Waals surface area contributed by atoms with Crippen LogP contribution in [0.3, 0.4) is 0 Å². The minimum Gasteiger partial charge on any atom is -0.194 e. The van der Waals surface area contributed by atoms with Crippen LogP contribution in [0.1, 0.15) is 5.56 Å². The molecular weight excluding hydrogens is 593 g/mol. The fraction of sp³-hybridized carbons (Fsp3) is 0.571. The lowest BCUT2D eigenvalue weighted by atomic mass is 9.87. The van der Waals surface area contributed by atoms with Gasteiger partial charge in [-0.1, -0.05) is 46.7 Å². The molecule has 0 bridgehead atoms. The van der Waals surface area contributed by atoms with Crippen LogP contribution in [0.25, 0.3) is 0 Å². The van der Waals surface area contributed by atoms with Crippen molar-refractivity contribution in [2.45, 2.75) is 47.6 Å². The maximum Gasteiger partial charge on any atom is 0.460 e. The molecule has 0 aliphatic carbocycles. The summed E-state index contributed by atoms with van der Waals surface area (Å²) < 4.78 is 225. The highest BCUT2D eigenvalue weighted by molar-refractivity contribution is 8.08. The minimum absolute atomic E-state index is 0.178. The molecule has 0 N–H and O–H groups in total. The second kappa shape index (κ2) is 8.56. The van der Waals surface area contributed by atoms with Crippen LogP contribution in [0.5, 0.6) is 0 Å². The summed E-state index contributed by atoms with van der Waals surface area (Å²) in [5.74, 6) is -56.7.